The van der Waals surface area contributed by atoms with Crippen LogP contribution >= 0.6 is 11.6 Å². The number of aryl methyl sites for hydroxylation is 1. The lowest BCUT2D eigenvalue weighted by Crippen LogP contribution is -2.05. The van der Waals surface area contributed by atoms with Crippen LogP contribution in [0.25, 0.3) is 0 Å². The van der Waals surface area contributed by atoms with Gasteiger partial charge in [0, 0.05) is 17.4 Å². The summed E-state index contributed by atoms with van der Waals surface area (Å²) < 4.78 is 5.55. The van der Waals surface area contributed by atoms with E-state index < -0.39 is 5.97 Å². The van der Waals surface area contributed by atoms with Crippen molar-refractivity contribution < 1.29 is 14.6 Å². The van der Waals surface area contributed by atoms with Gasteiger partial charge in [-0.3, -0.25) is 0 Å². The maximum Gasteiger partial charge on any atom is 0.338 e. The molecule has 2 aromatic rings. The second-order valence-corrected chi connectivity index (χ2v) is 4.33. The summed E-state index contributed by atoms with van der Waals surface area (Å²) in [6.07, 6.45) is 2.51. The minimum absolute atomic E-state index is 0.0476. The molecule has 19 heavy (non-hydrogen) atoms. The minimum atomic E-state index is -1.05. The number of hydrogen-bond acceptors (Lipinski definition) is 4. The number of halogens is 1. The lowest BCUT2D eigenvalue weighted by molar-refractivity contribution is 0.0695. The van der Waals surface area contributed by atoms with Gasteiger partial charge in [-0.15, -0.1) is 0 Å². The highest BCUT2D eigenvalue weighted by molar-refractivity contribution is 6.30. The van der Waals surface area contributed by atoms with Crippen LogP contribution in [0.5, 0.6) is 5.75 Å². The predicted molar refractivity (Wildman–Crippen MR) is 69.5 cm³/mol. The van der Waals surface area contributed by atoms with Crippen LogP contribution in [0.1, 0.15) is 21.7 Å². The molecule has 0 fully saturated rings. The Hall–Kier alpha value is -2.14. The van der Waals surface area contributed by atoms with Crippen LogP contribution < -0.4 is 4.74 Å². The van der Waals surface area contributed by atoms with E-state index >= 15 is 0 Å². The smallest absolute Gasteiger partial charge is 0.338 e. The van der Waals surface area contributed by atoms with E-state index in [1.54, 1.807) is 18.2 Å². The number of carboxylic acids is 1. The Morgan fingerprint density at radius 3 is 2.63 bits per heavy atom. The van der Waals surface area contributed by atoms with Gasteiger partial charge in [-0.1, -0.05) is 11.6 Å². The summed E-state index contributed by atoms with van der Waals surface area (Å²) in [7, 11) is 0. The summed E-state index contributed by atoms with van der Waals surface area (Å²) in [6, 6.07) is 5.30. The molecular formula is C13H11ClN2O3. The Kier molecular flexibility index (Phi) is 3.97. The topological polar surface area (TPSA) is 72.3 Å². The highest BCUT2D eigenvalue weighted by atomic mass is 35.5. The maximum absolute atomic E-state index is 10.6. The first-order valence-corrected chi connectivity index (χ1v) is 5.87. The SMILES string of the molecule is Cc1cc(Cl)ccc1OCc1ncc(C(=O)O)cn1. The standard InChI is InChI=1S/C13H11ClN2O3/c1-8-4-10(14)2-3-11(8)19-7-12-15-5-9(6-16-12)13(17)18/h2-6H,7H2,1H3,(H,17,18). The van der Waals surface area contributed by atoms with Gasteiger partial charge in [0.1, 0.15) is 12.4 Å². The average molecular weight is 279 g/mol. The van der Waals surface area contributed by atoms with Crippen LogP contribution in [0.4, 0.5) is 0 Å². The van der Waals surface area contributed by atoms with Crippen molar-refractivity contribution in [3.8, 4) is 5.75 Å². The zero-order valence-corrected chi connectivity index (χ0v) is 10.9. The first-order chi connectivity index (χ1) is 9.06. The number of nitrogens with zero attached hydrogens (tertiary/aromatic N) is 2. The number of aromatic carboxylic acids is 1. The van der Waals surface area contributed by atoms with Crippen LogP contribution in [0.15, 0.2) is 30.6 Å². The minimum Gasteiger partial charge on any atom is -0.485 e. The molecule has 0 aliphatic heterocycles. The first-order valence-electron chi connectivity index (χ1n) is 5.49. The molecule has 1 aromatic heterocycles. The van der Waals surface area contributed by atoms with Gasteiger partial charge in [0.25, 0.3) is 0 Å². The lowest BCUT2D eigenvalue weighted by atomic mass is 10.2. The van der Waals surface area contributed by atoms with Gasteiger partial charge in [0.15, 0.2) is 5.82 Å². The fraction of sp³-hybridized carbons (Fsp3) is 0.154. The van der Waals surface area contributed by atoms with Crippen molar-refractivity contribution in [2.45, 2.75) is 13.5 Å². The first kappa shape index (κ1) is 13.3. The zero-order valence-electron chi connectivity index (χ0n) is 10.1. The number of ether oxygens (including phenoxy) is 1. The van der Waals surface area contributed by atoms with Gasteiger partial charge in [-0.2, -0.15) is 0 Å². The molecule has 98 valence electrons. The number of hydrogen-bond donors (Lipinski definition) is 1. The van der Waals surface area contributed by atoms with Crippen molar-refractivity contribution in [2.75, 3.05) is 0 Å². The van der Waals surface area contributed by atoms with Crippen molar-refractivity contribution in [3.63, 3.8) is 0 Å². The van der Waals surface area contributed by atoms with E-state index in [2.05, 4.69) is 9.97 Å². The van der Waals surface area contributed by atoms with E-state index in [1.165, 1.54) is 12.4 Å². The highest BCUT2D eigenvalue weighted by Gasteiger charge is 2.06. The number of benzene rings is 1. The largest absolute Gasteiger partial charge is 0.485 e. The molecule has 0 amide bonds. The summed E-state index contributed by atoms with van der Waals surface area (Å²) in [5, 5.41) is 9.37. The van der Waals surface area contributed by atoms with Crippen molar-refractivity contribution in [2.24, 2.45) is 0 Å². The molecule has 0 atom stereocenters. The molecule has 2 rings (SSSR count). The third kappa shape index (κ3) is 3.42. The molecule has 0 unspecified atom stereocenters. The Balaban J connectivity index is 2.04. The molecule has 0 saturated carbocycles. The summed E-state index contributed by atoms with van der Waals surface area (Å²) in [5.74, 6) is 0.0516. The van der Waals surface area contributed by atoms with E-state index in [-0.39, 0.29) is 12.2 Å². The summed E-state index contributed by atoms with van der Waals surface area (Å²) >= 11 is 5.85. The third-order valence-corrected chi connectivity index (χ3v) is 2.68. The Bertz CT molecular complexity index is 599. The molecule has 1 aromatic carbocycles. The molecule has 0 saturated heterocycles. The maximum atomic E-state index is 10.6. The molecule has 0 aliphatic rings. The van der Waals surface area contributed by atoms with Gasteiger partial charge in [0.05, 0.1) is 5.56 Å². The second kappa shape index (κ2) is 5.67. The molecule has 0 aliphatic carbocycles. The molecule has 1 N–H and O–H groups in total. The Morgan fingerprint density at radius 1 is 1.37 bits per heavy atom. The number of carboxylic acid groups (broad SMARTS) is 1. The Morgan fingerprint density at radius 2 is 2.05 bits per heavy atom. The van der Waals surface area contributed by atoms with Crippen LogP contribution in [0.2, 0.25) is 5.02 Å². The van der Waals surface area contributed by atoms with Crippen molar-refractivity contribution in [1.82, 2.24) is 9.97 Å². The molecular weight excluding hydrogens is 268 g/mol. The molecule has 0 spiro atoms. The van der Waals surface area contributed by atoms with Crippen LogP contribution in [0.3, 0.4) is 0 Å². The van der Waals surface area contributed by atoms with Crippen molar-refractivity contribution in [1.29, 1.82) is 0 Å². The fourth-order valence-electron chi connectivity index (χ4n) is 1.46. The molecule has 5 nitrogen and oxygen atoms in total. The van der Waals surface area contributed by atoms with Gasteiger partial charge in [-0.25, -0.2) is 14.8 Å². The van der Waals surface area contributed by atoms with Gasteiger partial charge in [-0.05, 0) is 30.7 Å². The van der Waals surface area contributed by atoms with Crippen LogP contribution in [-0.2, 0) is 6.61 Å². The normalized spacial score (nSPS) is 10.2. The molecule has 0 radical (unpaired) electrons. The van der Waals surface area contributed by atoms with Crippen LogP contribution in [0, 0.1) is 6.92 Å². The van der Waals surface area contributed by atoms with Gasteiger partial charge < -0.3 is 9.84 Å². The monoisotopic (exact) mass is 278 g/mol. The van der Waals surface area contributed by atoms with E-state index in [0.29, 0.717) is 16.6 Å². The number of carbonyl (C=O) groups is 1. The quantitative estimate of drug-likeness (QED) is 0.931. The van der Waals surface area contributed by atoms with Crippen LogP contribution in [-0.4, -0.2) is 21.0 Å². The summed E-state index contributed by atoms with van der Waals surface area (Å²) in [6.45, 7) is 2.05. The predicted octanol–water partition coefficient (Wildman–Crippen LogP) is 2.72. The average Bonchev–Trinajstić information content (AvgIpc) is 2.38. The number of aromatic nitrogens is 2. The van der Waals surface area contributed by atoms with Crippen molar-refractivity contribution >= 4 is 17.6 Å². The second-order valence-electron chi connectivity index (χ2n) is 3.89. The molecule has 6 heteroatoms. The van der Waals surface area contributed by atoms with E-state index in [9.17, 15) is 4.79 Å². The lowest BCUT2D eigenvalue weighted by Gasteiger charge is -2.08. The fourth-order valence-corrected chi connectivity index (χ4v) is 1.68. The molecule has 1 heterocycles. The highest BCUT2D eigenvalue weighted by Crippen LogP contribution is 2.22. The molecule has 0 bridgehead atoms. The van der Waals surface area contributed by atoms with Gasteiger partial charge >= 0.3 is 5.97 Å². The zero-order chi connectivity index (χ0) is 13.8. The van der Waals surface area contributed by atoms with E-state index in [1.807, 2.05) is 6.92 Å². The van der Waals surface area contributed by atoms with Crippen molar-refractivity contribution in [3.05, 3.63) is 52.6 Å². The summed E-state index contributed by atoms with van der Waals surface area (Å²) in [4.78, 5) is 18.5. The number of rotatable bonds is 4. The third-order valence-electron chi connectivity index (χ3n) is 2.45. The van der Waals surface area contributed by atoms with Gasteiger partial charge in [0.2, 0.25) is 0 Å². The Labute approximate surface area is 114 Å². The summed E-state index contributed by atoms with van der Waals surface area (Å²) in [5.41, 5.74) is 0.959. The van der Waals surface area contributed by atoms with E-state index in [0.717, 1.165) is 5.56 Å². The van der Waals surface area contributed by atoms with E-state index in [4.69, 9.17) is 21.4 Å².